The molecule has 1 N–H and O–H groups in total. The van der Waals surface area contributed by atoms with Crippen LogP contribution < -0.4 is 10.2 Å². The molecule has 5 nitrogen and oxygen atoms in total. The zero-order valence-corrected chi connectivity index (χ0v) is 15.9. The lowest BCUT2D eigenvalue weighted by atomic mass is 10.0. The molecule has 1 amide bonds. The van der Waals surface area contributed by atoms with E-state index in [2.05, 4.69) is 28.4 Å². The number of hydrogen-bond acceptors (Lipinski definition) is 4. The first kappa shape index (κ1) is 17.3. The first-order valence-corrected chi connectivity index (χ1v) is 10.0. The number of anilines is 2. The van der Waals surface area contributed by atoms with Crippen LogP contribution in [0.15, 0.2) is 47.1 Å². The van der Waals surface area contributed by atoms with Gasteiger partial charge >= 0.3 is 0 Å². The summed E-state index contributed by atoms with van der Waals surface area (Å²) in [6.07, 6.45) is 5.49. The molecule has 0 saturated carbocycles. The molecule has 5 rings (SSSR count). The highest BCUT2D eigenvalue weighted by molar-refractivity contribution is 5.98. The van der Waals surface area contributed by atoms with Crippen molar-refractivity contribution < 1.29 is 13.9 Å². The molecule has 5 heteroatoms. The zero-order valence-electron chi connectivity index (χ0n) is 15.9. The van der Waals surface area contributed by atoms with Gasteiger partial charge in [-0.3, -0.25) is 4.79 Å². The number of aryl methyl sites for hydroxylation is 2. The first-order valence-electron chi connectivity index (χ1n) is 10.0. The summed E-state index contributed by atoms with van der Waals surface area (Å²) < 4.78 is 11.2. The minimum absolute atomic E-state index is 0.0242. The third-order valence-electron chi connectivity index (χ3n) is 5.75. The van der Waals surface area contributed by atoms with Crippen LogP contribution in [0, 0.1) is 0 Å². The number of benzene rings is 2. The smallest absolute Gasteiger partial charge is 0.228 e. The van der Waals surface area contributed by atoms with Crippen molar-refractivity contribution in [3.63, 3.8) is 0 Å². The summed E-state index contributed by atoms with van der Waals surface area (Å²) in [6, 6.07) is 12.3. The van der Waals surface area contributed by atoms with E-state index in [9.17, 15) is 4.79 Å². The Morgan fingerprint density at radius 3 is 2.71 bits per heavy atom. The van der Waals surface area contributed by atoms with Crippen molar-refractivity contribution >= 4 is 28.3 Å². The summed E-state index contributed by atoms with van der Waals surface area (Å²) >= 11 is 0. The summed E-state index contributed by atoms with van der Waals surface area (Å²) in [7, 11) is 0. The third kappa shape index (κ3) is 3.27. The molecule has 1 saturated heterocycles. The third-order valence-corrected chi connectivity index (χ3v) is 5.75. The van der Waals surface area contributed by atoms with Crippen LogP contribution in [0.2, 0.25) is 0 Å². The van der Waals surface area contributed by atoms with Crippen LogP contribution in [0.4, 0.5) is 11.4 Å². The zero-order chi connectivity index (χ0) is 18.9. The van der Waals surface area contributed by atoms with Crippen molar-refractivity contribution in [1.82, 2.24) is 0 Å². The highest BCUT2D eigenvalue weighted by Crippen LogP contribution is 2.31. The molecule has 1 fully saturated rings. The standard InChI is InChI=1S/C23H24N2O3/c26-23(24-20-6-1-2-7-21(20)25-8-10-27-11-9-25)14-18-15-28-22-13-17-5-3-4-16(17)12-19(18)22/h1-2,6-7,12-13,15H,3-5,8-11,14H2,(H,24,26). The van der Waals surface area contributed by atoms with Crippen molar-refractivity contribution in [3.8, 4) is 0 Å². The molecule has 1 aliphatic heterocycles. The van der Waals surface area contributed by atoms with Gasteiger partial charge in [-0.2, -0.15) is 0 Å². The van der Waals surface area contributed by atoms with Gasteiger partial charge in [0.25, 0.3) is 0 Å². The van der Waals surface area contributed by atoms with Gasteiger partial charge in [0.05, 0.1) is 37.3 Å². The Hall–Kier alpha value is -2.79. The van der Waals surface area contributed by atoms with Gasteiger partial charge in [-0.15, -0.1) is 0 Å². The molecule has 3 aromatic rings. The number of hydrogen-bond donors (Lipinski definition) is 1. The maximum Gasteiger partial charge on any atom is 0.228 e. The van der Waals surface area contributed by atoms with E-state index < -0.39 is 0 Å². The van der Waals surface area contributed by atoms with Crippen molar-refractivity contribution in [2.75, 3.05) is 36.5 Å². The second-order valence-corrected chi connectivity index (χ2v) is 7.57. The van der Waals surface area contributed by atoms with Gasteiger partial charge in [-0.1, -0.05) is 12.1 Å². The highest BCUT2D eigenvalue weighted by atomic mass is 16.5. The number of fused-ring (bicyclic) bond motifs is 2. The number of nitrogens with one attached hydrogen (secondary N) is 1. The fourth-order valence-electron chi connectivity index (χ4n) is 4.31. The van der Waals surface area contributed by atoms with E-state index in [1.165, 1.54) is 17.5 Å². The molecule has 0 atom stereocenters. The van der Waals surface area contributed by atoms with E-state index in [4.69, 9.17) is 9.15 Å². The maximum absolute atomic E-state index is 12.8. The molecular weight excluding hydrogens is 352 g/mol. The summed E-state index contributed by atoms with van der Waals surface area (Å²) in [5.74, 6) is -0.0242. The second-order valence-electron chi connectivity index (χ2n) is 7.57. The number of morpholine rings is 1. The Labute approximate surface area is 164 Å². The van der Waals surface area contributed by atoms with Crippen LogP contribution in [0.1, 0.15) is 23.1 Å². The van der Waals surface area contributed by atoms with Crippen LogP contribution >= 0.6 is 0 Å². The maximum atomic E-state index is 12.8. The van der Waals surface area contributed by atoms with Crippen molar-refractivity contribution in [2.24, 2.45) is 0 Å². The van der Waals surface area contributed by atoms with E-state index in [1.54, 1.807) is 6.26 Å². The molecule has 1 aliphatic carbocycles. The van der Waals surface area contributed by atoms with Gasteiger partial charge in [0.1, 0.15) is 5.58 Å². The molecule has 1 aromatic heterocycles. The highest BCUT2D eigenvalue weighted by Gasteiger charge is 2.19. The van der Waals surface area contributed by atoms with E-state index in [-0.39, 0.29) is 5.91 Å². The van der Waals surface area contributed by atoms with Gasteiger partial charge in [0.15, 0.2) is 0 Å². The lowest BCUT2D eigenvalue weighted by molar-refractivity contribution is -0.115. The number of para-hydroxylation sites is 2. The normalized spacial score (nSPS) is 16.4. The van der Waals surface area contributed by atoms with Gasteiger partial charge in [0.2, 0.25) is 5.91 Å². The van der Waals surface area contributed by atoms with E-state index in [0.29, 0.717) is 19.6 Å². The number of amides is 1. The predicted molar refractivity (Wildman–Crippen MR) is 110 cm³/mol. The van der Waals surface area contributed by atoms with E-state index in [0.717, 1.165) is 53.8 Å². The molecule has 2 heterocycles. The van der Waals surface area contributed by atoms with E-state index in [1.807, 2.05) is 18.2 Å². The summed E-state index contributed by atoms with van der Waals surface area (Å²) in [6.45, 7) is 3.11. The van der Waals surface area contributed by atoms with Gasteiger partial charge in [-0.25, -0.2) is 0 Å². The van der Waals surface area contributed by atoms with Crippen molar-refractivity contribution in [1.29, 1.82) is 0 Å². The molecule has 144 valence electrons. The Morgan fingerprint density at radius 1 is 1.07 bits per heavy atom. The van der Waals surface area contributed by atoms with E-state index >= 15 is 0 Å². The summed E-state index contributed by atoms with van der Waals surface area (Å²) in [5.41, 5.74) is 6.52. The molecule has 2 aliphatic rings. The Balaban J connectivity index is 1.35. The average molecular weight is 376 g/mol. The number of nitrogens with zero attached hydrogens (tertiary/aromatic N) is 1. The van der Waals surface area contributed by atoms with Gasteiger partial charge in [-0.05, 0) is 54.7 Å². The number of furan rings is 1. The molecule has 0 unspecified atom stereocenters. The van der Waals surface area contributed by atoms with Crippen LogP contribution in [0.25, 0.3) is 11.0 Å². The largest absolute Gasteiger partial charge is 0.464 e. The van der Waals surface area contributed by atoms with Crippen LogP contribution in [0.5, 0.6) is 0 Å². The van der Waals surface area contributed by atoms with Crippen LogP contribution in [0.3, 0.4) is 0 Å². The quantitative estimate of drug-likeness (QED) is 0.749. The van der Waals surface area contributed by atoms with Gasteiger partial charge in [0, 0.05) is 24.0 Å². The molecule has 0 bridgehead atoms. The monoisotopic (exact) mass is 376 g/mol. The molecular formula is C23H24N2O3. The Morgan fingerprint density at radius 2 is 1.86 bits per heavy atom. The summed E-state index contributed by atoms with van der Waals surface area (Å²) in [5, 5.41) is 4.17. The topological polar surface area (TPSA) is 54.7 Å². The minimum Gasteiger partial charge on any atom is -0.464 e. The Bertz CT molecular complexity index is 1020. The second kappa shape index (κ2) is 7.32. The van der Waals surface area contributed by atoms with Gasteiger partial charge < -0.3 is 19.4 Å². The molecule has 0 spiro atoms. The predicted octanol–water partition coefficient (Wildman–Crippen LogP) is 3.94. The van der Waals surface area contributed by atoms with Crippen LogP contribution in [-0.4, -0.2) is 32.2 Å². The fraction of sp³-hybridized carbons (Fsp3) is 0.348. The van der Waals surface area contributed by atoms with Crippen molar-refractivity contribution in [3.05, 3.63) is 59.4 Å². The number of carbonyl (C=O) groups is 1. The SMILES string of the molecule is O=C(Cc1coc2cc3c(cc12)CCC3)Nc1ccccc1N1CCOCC1. The average Bonchev–Trinajstić information content (AvgIpc) is 3.34. The summed E-state index contributed by atoms with van der Waals surface area (Å²) in [4.78, 5) is 15.1. The minimum atomic E-state index is -0.0242. The fourth-order valence-corrected chi connectivity index (χ4v) is 4.31. The number of carbonyl (C=O) groups excluding carboxylic acids is 1. The van der Waals surface area contributed by atoms with Crippen LogP contribution in [-0.2, 0) is 28.8 Å². The molecule has 28 heavy (non-hydrogen) atoms. The molecule has 0 radical (unpaired) electrons. The lowest BCUT2D eigenvalue weighted by Crippen LogP contribution is -2.36. The lowest BCUT2D eigenvalue weighted by Gasteiger charge is -2.30. The molecule has 2 aromatic carbocycles. The Kier molecular flexibility index (Phi) is 4.53. The first-order chi connectivity index (χ1) is 13.8. The number of ether oxygens (including phenoxy) is 1. The number of rotatable bonds is 4. The van der Waals surface area contributed by atoms with Crippen molar-refractivity contribution in [2.45, 2.75) is 25.7 Å².